The molecule has 1 saturated heterocycles. The van der Waals surface area contributed by atoms with Crippen molar-refractivity contribution in [3.05, 3.63) is 54.0 Å². The Kier molecular flexibility index (Phi) is 3.81. The second kappa shape index (κ2) is 5.91. The summed E-state index contributed by atoms with van der Waals surface area (Å²) in [5, 5.41) is 0. The lowest BCUT2D eigenvalue weighted by atomic mass is 10.1. The Balaban J connectivity index is 1.66. The highest BCUT2D eigenvalue weighted by Gasteiger charge is 2.23. The lowest BCUT2D eigenvalue weighted by Gasteiger charge is -2.35. The van der Waals surface area contributed by atoms with Gasteiger partial charge in [0, 0.05) is 44.1 Å². The van der Waals surface area contributed by atoms with E-state index in [4.69, 9.17) is 0 Å². The molecule has 1 amide bonds. The summed E-state index contributed by atoms with van der Waals surface area (Å²) in [7, 11) is 0. The molecule has 1 fully saturated rings. The number of hydrogen-bond donors (Lipinski definition) is 0. The van der Waals surface area contributed by atoms with Crippen molar-refractivity contribution in [2.24, 2.45) is 0 Å². The first-order chi connectivity index (χ1) is 10.3. The Labute approximate surface area is 124 Å². The highest BCUT2D eigenvalue weighted by Crippen LogP contribution is 2.15. The number of rotatable bonds is 2. The predicted octanol–water partition coefficient (Wildman–Crippen LogP) is 1.75. The topological polar surface area (TPSA) is 49.3 Å². The number of benzene rings is 1. The SMILES string of the molecule is Cc1ccccc1C(=O)N1CCN(c2cnccn2)CC1. The van der Waals surface area contributed by atoms with Crippen LogP contribution >= 0.6 is 0 Å². The molecule has 0 atom stereocenters. The molecule has 2 aromatic rings. The highest BCUT2D eigenvalue weighted by molar-refractivity contribution is 5.95. The van der Waals surface area contributed by atoms with E-state index in [9.17, 15) is 4.79 Å². The third-order valence-electron chi connectivity index (χ3n) is 3.82. The van der Waals surface area contributed by atoms with Crippen LogP contribution in [0.3, 0.4) is 0 Å². The van der Waals surface area contributed by atoms with Crippen LogP contribution in [0.4, 0.5) is 5.82 Å². The van der Waals surface area contributed by atoms with Crippen LogP contribution in [0.2, 0.25) is 0 Å². The number of hydrogen-bond acceptors (Lipinski definition) is 4. The maximum absolute atomic E-state index is 12.5. The van der Waals surface area contributed by atoms with Gasteiger partial charge in [0.15, 0.2) is 0 Å². The number of piperazine rings is 1. The fourth-order valence-corrected chi connectivity index (χ4v) is 2.58. The van der Waals surface area contributed by atoms with E-state index < -0.39 is 0 Å². The molecule has 0 radical (unpaired) electrons. The molecule has 0 bridgehead atoms. The molecule has 0 spiro atoms. The molecule has 2 heterocycles. The van der Waals surface area contributed by atoms with Gasteiger partial charge in [-0.3, -0.25) is 9.78 Å². The summed E-state index contributed by atoms with van der Waals surface area (Å²) < 4.78 is 0. The first kappa shape index (κ1) is 13.5. The average molecular weight is 282 g/mol. The molecule has 1 aromatic carbocycles. The van der Waals surface area contributed by atoms with Crippen LogP contribution < -0.4 is 4.90 Å². The molecule has 0 aliphatic carbocycles. The molecule has 108 valence electrons. The molecule has 5 heteroatoms. The minimum atomic E-state index is 0.117. The summed E-state index contributed by atoms with van der Waals surface area (Å²) in [5.41, 5.74) is 1.82. The first-order valence-corrected chi connectivity index (χ1v) is 7.11. The largest absolute Gasteiger partial charge is 0.352 e. The third-order valence-corrected chi connectivity index (χ3v) is 3.82. The van der Waals surface area contributed by atoms with Crippen LogP contribution in [0.15, 0.2) is 42.9 Å². The van der Waals surface area contributed by atoms with Crippen LogP contribution in [0.25, 0.3) is 0 Å². The molecular formula is C16H18N4O. The minimum Gasteiger partial charge on any atom is -0.352 e. The van der Waals surface area contributed by atoms with Gasteiger partial charge in [-0.25, -0.2) is 4.98 Å². The lowest BCUT2D eigenvalue weighted by Crippen LogP contribution is -2.49. The van der Waals surface area contributed by atoms with Crippen molar-refractivity contribution in [1.82, 2.24) is 14.9 Å². The molecule has 5 nitrogen and oxygen atoms in total. The molecule has 0 N–H and O–H groups in total. The number of amides is 1. The molecule has 1 aromatic heterocycles. The Morgan fingerprint density at radius 3 is 2.52 bits per heavy atom. The van der Waals surface area contributed by atoms with Crippen molar-refractivity contribution < 1.29 is 4.79 Å². The van der Waals surface area contributed by atoms with Gasteiger partial charge in [0.1, 0.15) is 5.82 Å². The van der Waals surface area contributed by atoms with Gasteiger partial charge in [-0.1, -0.05) is 18.2 Å². The fraction of sp³-hybridized carbons (Fsp3) is 0.312. The van der Waals surface area contributed by atoms with Crippen molar-refractivity contribution in [2.45, 2.75) is 6.92 Å². The monoisotopic (exact) mass is 282 g/mol. The van der Waals surface area contributed by atoms with Crippen molar-refractivity contribution in [3.8, 4) is 0 Å². The van der Waals surface area contributed by atoms with Gasteiger partial charge in [0.25, 0.3) is 5.91 Å². The van der Waals surface area contributed by atoms with E-state index in [0.29, 0.717) is 13.1 Å². The second-order valence-electron chi connectivity index (χ2n) is 5.16. The second-order valence-corrected chi connectivity index (χ2v) is 5.16. The van der Waals surface area contributed by atoms with E-state index in [2.05, 4.69) is 14.9 Å². The van der Waals surface area contributed by atoms with E-state index in [1.54, 1.807) is 18.6 Å². The zero-order valence-corrected chi connectivity index (χ0v) is 12.1. The summed E-state index contributed by atoms with van der Waals surface area (Å²) in [5.74, 6) is 0.993. The quantitative estimate of drug-likeness (QED) is 0.842. The van der Waals surface area contributed by atoms with Crippen LogP contribution in [0.1, 0.15) is 15.9 Å². The van der Waals surface area contributed by atoms with Gasteiger partial charge in [-0.15, -0.1) is 0 Å². The summed E-state index contributed by atoms with van der Waals surface area (Å²) in [6.45, 7) is 4.98. The van der Waals surface area contributed by atoms with Gasteiger partial charge in [0.05, 0.1) is 6.20 Å². The normalized spacial score (nSPS) is 15.1. The molecule has 1 aliphatic rings. The Hall–Kier alpha value is -2.43. The first-order valence-electron chi connectivity index (χ1n) is 7.11. The molecule has 3 rings (SSSR count). The summed E-state index contributed by atoms with van der Waals surface area (Å²) >= 11 is 0. The highest BCUT2D eigenvalue weighted by atomic mass is 16.2. The lowest BCUT2D eigenvalue weighted by molar-refractivity contribution is 0.0746. The zero-order chi connectivity index (χ0) is 14.7. The number of anilines is 1. The maximum atomic E-state index is 12.5. The van der Waals surface area contributed by atoms with E-state index >= 15 is 0 Å². The van der Waals surface area contributed by atoms with E-state index in [0.717, 1.165) is 30.0 Å². The van der Waals surface area contributed by atoms with Crippen LogP contribution in [0.5, 0.6) is 0 Å². The number of aryl methyl sites for hydroxylation is 1. The molecular weight excluding hydrogens is 264 g/mol. The molecule has 1 aliphatic heterocycles. The van der Waals surface area contributed by atoms with Crippen molar-refractivity contribution in [2.75, 3.05) is 31.1 Å². The van der Waals surface area contributed by atoms with Crippen LogP contribution in [-0.4, -0.2) is 47.0 Å². The van der Waals surface area contributed by atoms with Crippen LogP contribution in [-0.2, 0) is 0 Å². The van der Waals surface area contributed by atoms with Gasteiger partial charge in [-0.2, -0.15) is 0 Å². The van der Waals surface area contributed by atoms with Gasteiger partial charge in [-0.05, 0) is 18.6 Å². The van der Waals surface area contributed by atoms with Crippen molar-refractivity contribution >= 4 is 11.7 Å². The average Bonchev–Trinajstić information content (AvgIpc) is 2.56. The smallest absolute Gasteiger partial charge is 0.254 e. The minimum absolute atomic E-state index is 0.117. The predicted molar refractivity (Wildman–Crippen MR) is 81.3 cm³/mol. The number of aromatic nitrogens is 2. The Morgan fingerprint density at radius 1 is 1.10 bits per heavy atom. The van der Waals surface area contributed by atoms with E-state index in [1.165, 1.54) is 0 Å². The fourth-order valence-electron chi connectivity index (χ4n) is 2.58. The number of nitrogens with zero attached hydrogens (tertiary/aromatic N) is 4. The van der Waals surface area contributed by atoms with Crippen LogP contribution in [0, 0.1) is 6.92 Å². The Bertz CT molecular complexity index is 621. The molecule has 0 unspecified atom stereocenters. The van der Waals surface area contributed by atoms with Gasteiger partial charge >= 0.3 is 0 Å². The summed E-state index contributed by atoms with van der Waals surface area (Å²) in [6.07, 6.45) is 5.13. The van der Waals surface area contributed by atoms with E-state index in [-0.39, 0.29) is 5.91 Å². The van der Waals surface area contributed by atoms with Gasteiger partial charge in [0.2, 0.25) is 0 Å². The standard InChI is InChI=1S/C16H18N4O/c1-13-4-2-3-5-14(13)16(21)20-10-8-19(9-11-20)15-12-17-6-7-18-15/h2-7,12H,8-11H2,1H3. The van der Waals surface area contributed by atoms with E-state index in [1.807, 2.05) is 36.1 Å². The summed E-state index contributed by atoms with van der Waals surface area (Å²) in [6, 6.07) is 7.74. The number of carbonyl (C=O) groups excluding carboxylic acids is 1. The van der Waals surface area contributed by atoms with Crippen molar-refractivity contribution in [3.63, 3.8) is 0 Å². The molecule has 0 saturated carbocycles. The maximum Gasteiger partial charge on any atom is 0.254 e. The summed E-state index contributed by atoms with van der Waals surface area (Å²) in [4.78, 5) is 25.0. The molecule has 21 heavy (non-hydrogen) atoms. The third kappa shape index (κ3) is 2.86. The van der Waals surface area contributed by atoms with Crippen molar-refractivity contribution in [1.29, 1.82) is 0 Å². The zero-order valence-electron chi connectivity index (χ0n) is 12.1. The number of carbonyl (C=O) groups is 1. The Morgan fingerprint density at radius 2 is 1.86 bits per heavy atom. The van der Waals surface area contributed by atoms with Gasteiger partial charge < -0.3 is 9.80 Å².